The zero-order chi connectivity index (χ0) is 17.8. The van der Waals surface area contributed by atoms with E-state index in [1.807, 2.05) is 0 Å². The van der Waals surface area contributed by atoms with E-state index in [4.69, 9.17) is 0 Å². The van der Waals surface area contributed by atoms with Crippen LogP contribution in [0.5, 0.6) is 0 Å². The second kappa shape index (κ2) is 5.87. The smallest absolute Gasteiger partial charge is 0.217 e. The first-order valence-corrected chi connectivity index (χ1v) is 10.8. The van der Waals surface area contributed by atoms with Crippen molar-refractivity contribution in [2.45, 2.75) is 13.1 Å². The highest BCUT2D eigenvalue weighted by Crippen LogP contribution is 2.30. The molecule has 0 bridgehead atoms. The molecule has 0 spiro atoms. The molecule has 0 amide bonds. The number of fused-ring (bicyclic) bond motifs is 5. The van der Waals surface area contributed by atoms with Crippen LogP contribution in [0.2, 0.25) is 0 Å². The molecule has 0 saturated heterocycles. The molecule has 0 aromatic carbocycles. The first-order chi connectivity index (χ1) is 13.4. The van der Waals surface area contributed by atoms with E-state index in [1.54, 1.807) is 22.7 Å². The van der Waals surface area contributed by atoms with Gasteiger partial charge in [-0.3, -0.25) is 0 Å². The summed E-state index contributed by atoms with van der Waals surface area (Å²) < 4.78 is 7.29. The molecule has 0 atom stereocenters. The maximum atomic E-state index is 2.47. The Kier molecular flexibility index (Phi) is 3.33. The maximum Gasteiger partial charge on any atom is 0.360 e. The molecule has 0 radical (unpaired) electrons. The van der Waals surface area contributed by atoms with E-state index in [0.717, 1.165) is 13.1 Å². The quantitative estimate of drug-likeness (QED) is 0.391. The number of hydrogen-bond acceptors (Lipinski definition) is 2. The van der Waals surface area contributed by atoms with Gasteiger partial charge in [0.15, 0.2) is 17.8 Å². The number of thiophene rings is 2. The summed E-state index contributed by atoms with van der Waals surface area (Å²) in [6.45, 7) is 1.98. The van der Waals surface area contributed by atoms with E-state index in [2.05, 4.69) is 91.2 Å². The predicted octanol–water partition coefficient (Wildman–Crippen LogP) is 4.65. The summed E-state index contributed by atoms with van der Waals surface area (Å²) in [7, 11) is 0. The first kappa shape index (κ1) is 15.3. The number of hydrogen-bond donors (Lipinski definition) is 0. The van der Waals surface area contributed by atoms with Crippen LogP contribution in [0, 0.1) is 0 Å². The van der Waals surface area contributed by atoms with Crippen molar-refractivity contribution in [2.75, 3.05) is 0 Å². The van der Waals surface area contributed by atoms with Crippen LogP contribution in [0.1, 0.15) is 0 Å². The molecule has 5 aromatic heterocycles. The minimum atomic E-state index is 0.987. The molecule has 0 unspecified atom stereocenters. The van der Waals surface area contributed by atoms with Crippen LogP contribution in [0.3, 0.4) is 0 Å². The lowest BCUT2D eigenvalue weighted by molar-refractivity contribution is -0.789. The topological polar surface area (TPSA) is 12.2 Å². The zero-order valence-electron chi connectivity index (χ0n) is 14.6. The van der Waals surface area contributed by atoms with Crippen molar-refractivity contribution in [3.63, 3.8) is 0 Å². The van der Waals surface area contributed by atoms with Crippen molar-refractivity contribution in [1.82, 2.24) is 4.40 Å². The highest BCUT2D eigenvalue weighted by atomic mass is 32.1. The average Bonchev–Trinajstić information content (AvgIpc) is 3.47. The molecular weight excluding hydrogens is 370 g/mol. The molecule has 27 heavy (non-hydrogen) atoms. The van der Waals surface area contributed by atoms with Gasteiger partial charge in [-0.15, -0.1) is 22.7 Å². The van der Waals surface area contributed by atoms with Crippen LogP contribution < -0.4 is 9.13 Å². The van der Waals surface area contributed by atoms with Crippen molar-refractivity contribution in [3.05, 3.63) is 77.6 Å². The minimum absolute atomic E-state index is 0.987. The monoisotopic (exact) mass is 387 g/mol. The van der Waals surface area contributed by atoms with E-state index in [9.17, 15) is 0 Å². The second-order valence-electron chi connectivity index (χ2n) is 6.72. The van der Waals surface area contributed by atoms with Gasteiger partial charge in [0.1, 0.15) is 12.7 Å². The highest BCUT2D eigenvalue weighted by molar-refractivity contribution is 7.13. The molecule has 0 N–H and O–H groups in total. The van der Waals surface area contributed by atoms with Gasteiger partial charge in [-0.25, -0.2) is 4.57 Å². The van der Waals surface area contributed by atoms with Crippen molar-refractivity contribution in [3.8, 4) is 32.7 Å². The number of rotatable bonds is 2. The molecule has 130 valence electrons. The van der Waals surface area contributed by atoms with Gasteiger partial charge in [0.25, 0.3) is 5.69 Å². The Bertz CT molecular complexity index is 1260. The summed E-state index contributed by atoms with van der Waals surface area (Å²) in [6, 6.07) is 21.9. The average molecular weight is 388 g/mol. The molecular formula is C22H17N3S2+2. The van der Waals surface area contributed by atoms with Gasteiger partial charge in [0.2, 0.25) is 5.69 Å². The normalized spacial score (nSPS) is 12.9. The van der Waals surface area contributed by atoms with E-state index in [-0.39, 0.29) is 0 Å². The number of aryl methyl sites for hydroxylation is 1. The number of imidazole rings is 1. The van der Waals surface area contributed by atoms with E-state index in [0.29, 0.717) is 0 Å². The Balaban J connectivity index is 1.68. The largest absolute Gasteiger partial charge is 0.360 e. The summed E-state index contributed by atoms with van der Waals surface area (Å²) >= 11 is 3.60. The van der Waals surface area contributed by atoms with Crippen molar-refractivity contribution in [2.24, 2.45) is 0 Å². The molecule has 5 heteroatoms. The SMILES string of the molecule is c1csc(-c2cccc3c[n+]4c(n23)-c2cccc(-c3cccs3)[n+]2CC4)c1. The lowest BCUT2D eigenvalue weighted by Gasteiger charge is -2.11. The third-order valence-corrected chi connectivity index (χ3v) is 7.01. The van der Waals surface area contributed by atoms with Crippen LogP contribution in [0.25, 0.3) is 38.2 Å². The highest BCUT2D eigenvalue weighted by Gasteiger charge is 2.36. The van der Waals surface area contributed by atoms with E-state index < -0.39 is 0 Å². The fourth-order valence-electron chi connectivity index (χ4n) is 4.08. The Morgan fingerprint density at radius 3 is 2.33 bits per heavy atom. The summed E-state index contributed by atoms with van der Waals surface area (Å²) in [5, 5.41) is 4.30. The van der Waals surface area contributed by atoms with E-state index >= 15 is 0 Å². The number of nitrogens with zero attached hydrogens (tertiary/aromatic N) is 3. The third kappa shape index (κ3) is 2.25. The van der Waals surface area contributed by atoms with Crippen LogP contribution in [-0.4, -0.2) is 4.40 Å². The Morgan fingerprint density at radius 2 is 1.52 bits per heavy atom. The van der Waals surface area contributed by atoms with Crippen LogP contribution >= 0.6 is 22.7 Å². The molecule has 5 aromatic rings. The van der Waals surface area contributed by atoms with Crippen LogP contribution in [0.4, 0.5) is 0 Å². The molecule has 1 aliphatic rings. The lowest BCUT2D eigenvalue weighted by Crippen LogP contribution is -2.53. The fraction of sp³-hybridized carbons (Fsp3) is 0.0909. The molecule has 0 aliphatic carbocycles. The number of pyridine rings is 2. The standard InChI is InChI=1S/C22H17N3S2/c1-5-16-15-23-11-12-24-17(20-9-3-13-26-20)6-2-8-19(24)22(23)25(16)18(7-1)21-10-4-14-27-21/h1-10,13-15H,11-12H2/q+2. The van der Waals surface area contributed by atoms with Gasteiger partial charge >= 0.3 is 5.82 Å². The van der Waals surface area contributed by atoms with E-state index in [1.165, 1.54) is 38.2 Å². The molecule has 0 saturated carbocycles. The minimum Gasteiger partial charge on any atom is -0.217 e. The fourth-order valence-corrected chi connectivity index (χ4v) is 5.59. The summed E-state index contributed by atoms with van der Waals surface area (Å²) in [5.74, 6) is 1.26. The first-order valence-electron chi connectivity index (χ1n) is 9.05. The Labute approximate surface area is 165 Å². The van der Waals surface area contributed by atoms with Crippen LogP contribution in [-0.2, 0) is 13.1 Å². The van der Waals surface area contributed by atoms with Gasteiger partial charge in [-0.1, -0.05) is 18.2 Å². The van der Waals surface area contributed by atoms with Gasteiger partial charge in [-0.05, 0) is 41.1 Å². The Morgan fingerprint density at radius 1 is 0.741 bits per heavy atom. The Hall–Kier alpha value is -2.76. The molecule has 3 nitrogen and oxygen atoms in total. The predicted molar refractivity (Wildman–Crippen MR) is 110 cm³/mol. The summed E-state index contributed by atoms with van der Waals surface area (Å²) in [6.07, 6.45) is 2.29. The number of aromatic nitrogens is 3. The third-order valence-electron chi connectivity index (χ3n) is 5.22. The van der Waals surface area contributed by atoms with Crippen molar-refractivity contribution < 1.29 is 9.13 Å². The maximum absolute atomic E-state index is 2.47. The van der Waals surface area contributed by atoms with Gasteiger partial charge in [-0.2, -0.15) is 8.97 Å². The van der Waals surface area contributed by atoms with Gasteiger partial charge in [0, 0.05) is 12.1 Å². The molecule has 0 fully saturated rings. The molecule has 6 rings (SSSR count). The lowest BCUT2D eigenvalue weighted by atomic mass is 10.2. The summed E-state index contributed by atoms with van der Waals surface area (Å²) in [5.41, 5.74) is 5.07. The van der Waals surface area contributed by atoms with Crippen molar-refractivity contribution in [1.29, 1.82) is 0 Å². The van der Waals surface area contributed by atoms with Crippen molar-refractivity contribution >= 4 is 28.2 Å². The molecule has 1 aliphatic heterocycles. The van der Waals surface area contributed by atoms with Gasteiger partial charge < -0.3 is 0 Å². The second-order valence-corrected chi connectivity index (χ2v) is 8.62. The zero-order valence-corrected chi connectivity index (χ0v) is 16.2. The van der Waals surface area contributed by atoms with Crippen LogP contribution in [0.15, 0.2) is 77.6 Å². The summed E-state index contributed by atoms with van der Waals surface area (Å²) in [4.78, 5) is 2.62. The van der Waals surface area contributed by atoms with Gasteiger partial charge in [0.05, 0.1) is 9.75 Å². The molecule has 6 heterocycles.